The minimum atomic E-state index is 0.0643. The van der Waals surface area contributed by atoms with Crippen LogP contribution >= 0.6 is 0 Å². The zero-order chi connectivity index (χ0) is 16.9. The van der Waals surface area contributed by atoms with Crippen LogP contribution in [0.2, 0.25) is 0 Å². The van der Waals surface area contributed by atoms with Crippen LogP contribution in [-0.4, -0.2) is 5.78 Å². The van der Waals surface area contributed by atoms with Gasteiger partial charge in [-0.05, 0) is 80.6 Å². The summed E-state index contributed by atoms with van der Waals surface area (Å²) in [6.45, 7) is 5.93. The van der Waals surface area contributed by atoms with Crippen LogP contribution in [0.25, 0.3) is 0 Å². The molecule has 3 rings (SSSR count). The lowest BCUT2D eigenvalue weighted by molar-refractivity contribution is -0.111. The SMILES string of the molecule is C=CC(=O)C1=CC2CCC(C=CC3CCC(CC)CC3)CC2C=C1. The van der Waals surface area contributed by atoms with Gasteiger partial charge >= 0.3 is 0 Å². The Morgan fingerprint density at radius 1 is 1.08 bits per heavy atom. The van der Waals surface area contributed by atoms with Gasteiger partial charge in [-0.3, -0.25) is 4.79 Å². The Labute approximate surface area is 147 Å². The first-order chi connectivity index (χ1) is 11.7. The molecule has 130 valence electrons. The van der Waals surface area contributed by atoms with Gasteiger partial charge < -0.3 is 0 Å². The van der Waals surface area contributed by atoms with Crippen molar-refractivity contribution >= 4 is 5.78 Å². The van der Waals surface area contributed by atoms with Gasteiger partial charge in [0, 0.05) is 5.57 Å². The van der Waals surface area contributed by atoms with Gasteiger partial charge in [0.25, 0.3) is 0 Å². The molecule has 0 amide bonds. The minimum Gasteiger partial charge on any atom is -0.289 e. The van der Waals surface area contributed by atoms with Crippen LogP contribution in [-0.2, 0) is 4.79 Å². The highest BCUT2D eigenvalue weighted by atomic mass is 16.1. The molecule has 2 saturated carbocycles. The molecule has 0 spiro atoms. The van der Waals surface area contributed by atoms with Crippen LogP contribution in [0.5, 0.6) is 0 Å². The van der Waals surface area contributed by atoms with Crippen LogP contribution in [0.15, 0.2) is 48.6 Å². The fraction of sp³-hybridized carbons (Fsp3) is 0.609. The van der Waals surface area contributed by atoms with Crippen LogP contribution < -0.4 is 0 Å². The highest BCUT2D eigenvalue weighted by molar-refractivity contribution is 6.05. The van der Waals surface area contributed by atoms with Gasteiger partial charge in [0.05, 0.1) is 0 Å². The average molecular weight is 325 g/mol. The maximum absolute atomic E-state index is 11.8. The van der Waals surface area contributed by atoms with E-state index in [4.69, 9.17) is 0 Å². The number of carbonyl (C=O) groups is 1. The summed E-state index contributed by atoms with van der Waals surface area (Å²) < 4.78 is 0. The minimum absolute atomic E-state index is 0.0643. The Bertz CT molecular complexity index is 542. The molecule has 3 atom stereocenters. The summed E-state index contributed by atoms with van der Waals surface area (Å²) in [6.07, 6.45) is 23.7. The van der Waals surface area contributed by atoms with Crippen LogP contribution in [0, 0.1) is 29.6 Å². The molecule has 0 heterocycles. The van der Waals surface area contributed by atoms with E-state index < -0.39 is 0 Å². The van der Waals surface area contributed by atoms with E-state index in [9.17, 15) is 4.79 Å². The molecule has 0 N–H and O–H groups in total. The maximum atomic E-state index is 11.8. The van der Waals surface area contributed by atoms with E-state index in [0.29, 0.717) is 11.8 Å². The predicted molar refractivity (Wildman–Crippen MR) is 102 cm³/mol. The highest BCUT2D eigenvalue weighted by Gasteiger charge is 2.29. The molecule has 24 heavy (non-hydrogen) atoms. The van der Waals surface area contributed by atoms with Gasteiger partial charge in [-0.2, -0.15) is 0 Å². The first-order valence-corrected chi connectivity index (χ1v) is 9.94. The van der Waals surface area contributed by atoms with Crippen LogP contribution in [0.1, 0.15) is 58.3 Å². The molecule has 0 bridgehead atoms. The Balaban J connectivity index is 1.51. The number of rotatable bonds is 5. The summed E-state index contributed by atoms with van der Waals surface area (Å²) in [6, 6.07) is 0. The van der Waals surface area contributed by atoms with Crippen molar-refractivity contribution in [3.05, 3.63) is 48.6 Å². The van der Waals surface area contributed by atoms with Crippen LogP contribution in [0.3, 0.4) is 0 Å². The van der Waals surface area contributed by atoms with Crippen LogP contribution in [0.4, 0.5) is 0 Å². The van der Waals surface area contributed by atoms with Gasteiger partial charge in [0.15, 0.2) is 5.78 Å². The molecule has 2 fully saturated rings. The maximum Gasteiger partial charge on any atom is 0.184 e. The molecular formula is C23H32O. The molecule has 1 heteroatoms. The topological polar surface area (TPSA) is 17.1 Å². The summed E-state index contributed by atoms with van der Waals surface area (Å²) in [5.74, 6) is 3.77. The van der Waals surface area contributed by atoms with Gasteiger partial charge in [0.1, 0.15) is 0 Å². The lowest BCUT2D eigenvalue weighted by atomic mass is 9.70. The van der Waals surface area contributed by atoms with E-state index in [0.717, 1.165) is 23.3 Å². The number of ketones is 1. The van der Waals surface area contributed by atoms with Gasteiger partial charge in [-0.1, -0.05) is 50.3 Å². The van der Waals surface area contributed by atoms with Crippen molar-refractivity contribution in [2.24, 2.45) is 29.6 Å². The third kappa shape index (κ3) is 4.18. The standard InChI is InChI=1S/C23H32O/c1-3-17-5-7-18(8-6-17)9-10-19-11-12-21-16-22(23(24)4-2)14-13-20(21)15-19/h4,9-10,13-14,16-21H,2-3,5-8,11-12,15H2,1H3. The summed E-state index contributed by atoms with van der Waals surface area (Å²) in [5, 5.41) is 0. The number of fused-ring (bicyclic) bond motifs is 1. The second-order valence-electron chi connectivity index (χ2n) is 8.02. The molecule has 0 aromatic heterocycles. The van der Waals surface area contributed by atoms with E-state index in [1.165, 1.54) is 57.4 Å². The normalized spacial score (nSPS) is 36.2. The summed E-state index contributed by atoms with van der Waals surface area (Å²) >= 11 is 0. The molecule has 0 aromatic carbocycles. The average Bonchev–Trinajstić information content (AvgIpc) is 2.65. The zero-order valence-corrected chi connectivity index (χ0v) is 15.1. The molecule has 0 aliphatic heterocycles. The third-order valence-corrected chi connectivity index (χ3v) is 6.51. The van der Waals surface area contributed by atoms with Crippen molar-refractivity contribution < 1.29 is 4.79 Å². The van der Waals surface area contributed by atoms with Gasteiger partial charge in [-0.25, -0.2) is 0 Å². The fourth-order valence-electron chi connectivity index (χ4n) is 4.76. The fourth-order valence-corrected chi connectivity index (χ4v) is 4.76. The van der Waals surface area contributed by atoms with Gasteiger partial charge in [-0.15, -0.1) is 0 Å². The lowest BCUT2D eigenvalue weighted by Crippen LogP contribution is -2.24. The van der Waals surface area contributed by atoms with Crippen molar-refractivity contribution in [2.45, 2.75) is 58.3 Å². The van der Waals surface area contributed by atoms with Crippen molar-refractivity contribution in [2.75, 3.05) is 0 Å². The molecular weight excluding hydrogens is 292 g/mol. The van der Waals surface area contributed by atoms with Crippen molar-refractivity contribution in [1.29, 1.82) is 0 Å². The first-order valence-electron chi connectivity index (χ1n) is 9.94. The number of hydrogen-bond donors (Lipinski definition) is 0. The lowest BCUT2D eigenvalue weighted by Gasteiger charge is -2.34. The number of hydrogen-bond acceptors (Lipinski definition) is 1. The van der Waals surface area contributed by atoms with Crippen molar-refractivity contribution in [1.82, 2.24) is 0 Å². The summed E-state index contributed by atoms with van der Waals surface area (Å²) in [4.78, 5) is 11.8. The van der Waals surface area contributed by atoms with Gasteiger partial charge in [0.2, 0.25) is 0 Å². The van der Waals surface area contributed by atoms with E-state index in [1.807, 2.05) is 6.08 Å². The Kier molecular flexibility index (Phi) is 5.92. The van der Waals surface area contributed by atoms with E-state index in [1.54, 1.807) is 0 Å². The second kappa shape index (κ2) is 8.14. The van der Waals surface area contributed by atoms with Crippen molar-refractivity contribution in [3.8, 4) is 0 Å². The molecule has 1 nitrogen and oxygen atoms in total. The first kappa shape index (κ1) is 17.5. The molecule has 0 aromatic rings. The van der Waals surface area contributed by atoms with Crippen molar-refractivity contribution in [3.63, 3.8) is 0 Å². The molecule has 3 aliphatic rings. The largest absolute Gasteiger partial charge is 0.289 e. The molecule has 3 aliphatic carbocycles. The Morgan fingerprint density at radius 2 is 1.79 bits per heavy atom. The molecule has 0 saturated heterocycles. The van der Waals surface area contributed by atoms with E-state index in [-0.39, 0.29) is 5.78 Å². The smallest absolute Gasteiger partial charge is 0.184 e. The second-order valence-corrected chi connectivity index (χ2v) is 8.02. The summed E-state index contributed by atoms with van der Waals surface area (Å²) in [7, 11) is 0. The zero-order valence-electron chi connectivity index (χ0n) is 15.1. The van der Waals surface area contributed by atoms with E-state index in [2.05, 4.69) is 37.8 Å². The number of carbonyl (C=O) groups excluding carboxylic acids is 1. The quantitative estimate of drug-likeness (QED) is 0.445. The molecule has 0 radical (unpaired) electrons. The monoisotopic (exact) mass is 324 g/mol. The Morgan fingerprint density at radius 3 is 2.50 bits per heavy atom. The third-order valence-electron chi connectivity index (χ3n) is 6.51. The van der Waals surface area contributed by atoms with E-state index >= 15 is 0 Å². The Hall–Kier alpha value is -1.37. The number of allylic oxidation sites excluding steroid dienone is 7. The summed E-state index contributed by atoms with van der Waals surface area (Å²) in [5.41, 5.74) is 0.841. The highest BCUT2D eigenvalue weighted by Crippen LogP contribution is 2.40. The molecule has 3 unspecified atom stereocenters. The predicted octanol–water partition coefficient (Wildman–Crippen LogP) is 6.04.